The molecule has 0 unspecified atom stereocenters. The van der Waals surface area contributed by atoms with Gasteiger partial charge < -0.3 is 14.8 Å². The van der Waals surface area contributed by atoms with E-state index in [1.54, 1.807) is 12.1 Å². The SMILES string of the molecule is C[C@H]1CCC[C@@H]1NC(=O)c1ccc2c(c1)OCCO2. The quantitative estimate of drug-likeness (QED) is 0.889. The molecule has 4 heteroatoms. The third kappa shape index (κ3) is 2.53. The number of fused-ring (bicyclic) bond motifs is 1. The van der Waals surface area contributed by atoms with E-state index in [9.17, 15) is 4.79 Å². The Kier molecular flexibility index (Phi) is 3.32. The van der Waals surface area contributed by atoms with Crippen LogP contribution in [0.25, 0.3) is 0 Å². The van der Waals surface area contributed by atoms with E-state index in [-0.39, 0.29) is 5.91 Å². The number of ether oxygens (including phenoxy) is 2. The zero-order valence-electron chi connectivity index (χ0n) is 11.1. The molecule has 0 radical (unpaired) electrons. The highest BCUT2D eigenvalue weighted by Crippen LogP contribution is 2.31. The lowest BCUT2D eigenvalue weighted by molar-refractivity contribution is 0.0928. The summed E-state index contributed by atoms with van der Waals surface area (Å²) in [4.78, 5) is 12.2. The molecule has 0 aromatic heterocycles. The van der Waals surface area contributed by atoms with Crippen molar-refractivity contribution in [2.45, 2.75) is 32.2 Å². The zero-order valence-corrected chi connectivity index (χ0v) is 11.1. The van der Waals surface area contributed by atoms with E-state index in [0.29, 0.717) is 36.5 Å². The largest absolute Gasteiger partial charge is 0.486 e. The van der Waals surface area contributed by atoms with Gasteiger partial charge in [-0.05, 0) is 37.0 Å². The Morgan fingerprint density at radius 1 is 1.21 bits per heavy atom. The first-order valence-electron chi connectivity index (χ1n) is 6.94. The molecule has 102 valence electrons. The van der Waals surface area contributed by atoms with Gasteiger partial charge in [-0.15, -0.1) is 0 Å². The van der Waals surface area contributed by atoms with Gasteiger partial charge in [-0.1, -0.05) is 13.3 Å². The van der Waals surface area contributed by atoms with Crippen molar-refractivity contribution < 1.29 is 14.3 Å². The Morgan fingerprint density at radius 2 is 2.00 bits per heavy atom. The third-order valence-corrected chi connectivity index (χ3v) is 3.98. The Morgan fingerprint density at radius 3 is 2.74 bits per heavy atom. The second-order valence-electron chi connectivity index (χ2n) is 5.35. The van der Waals surface area contributed by atoms with Crippen LogP contribution in [0, 0.1) is 5.92 Å². The average molecular weight is 261 g/mol. The maximum absolute atomic E-state index is 12.2. The van der Waals surface area contributed by atoms with E-state index < -0.39 is 0 Å². The van der Waals surface area contributed by atoms with Crippen molar-refractivity contribution in [2.24, 2.45) is 5.92 Å². The first kappa shape index (κ1) is 12.3. The molecule has 1 aliphatic heterocycles. The van der Waals surface area contributed by atoms with Gasteiger partial charge >= 0.3 is 0 Å². The van der Waals surface area contributed by atoms with Gasteiger partial charge in [-0.3, -0.25) is 4.79 Å². The predicted molar refractivity (Wildman–Crippen MR) is 71.7 cm³/mol. The Balaban J connectivity index is 1.72. The van der Waals surface area contributed by atoms with E-state index in [2.05, 4.69) is 12.2 Å². The fourth-order valence-corrected chi connectivity index (χ4v) is 2.80. The summed E-state index contributed by atoms with van der Waals surface area (Å²) in [5, 5.41) is 3.12. The molecule has 0 saturated heterocycles. The molecule has 2 aliphatic rings. The van der Waals surface area contributed by atoms with Crippen LogP contribution >= 0.6 is 0 Å². The first-order valence-corrected chi connectivity index (χ1v) is 6.94. The molecule has 0 bridgehead atoms. The Hall–Kier alpha value is -1.71. The topological polar surface area (TPSA) is 47.6 Å². The van der Waals surface area contributed by atoms with Crippen molar-refractivity contribution in [1.82, 2.24) is 5.32 Å². The molecule has 1 amide bonds. The molecule has 4 nitrogen and oxygen atoms in total. The van der Waals surface area contributed by atoms with E-state index in [1.807, 2.05) is 6.07 Å². The highest BCUT2D eigenvalue weighted by atomic mass is 16.6. The zero-order chi connectivity index (χ0) is 13.2. The van der Waals surface area contributed by atoms with E-state index in [1.165, 1.54) is 12.8 Å². The summed E-state index contributed by atoms with van der Waals surface area (Å²) in [7, 11) is 0. The standard InChI is InChI=1S/C15H19NO3/c1-10-3-2-4-12(10)16-15(17)11-5-6-13-14(9-11)19-8-7-18-13/h5-6,9-10,12H,2-4,7-8H2,1H3,(H,16,17)/t10-,12-/m0/s1. The molecule has 1 aliphatic carbocycles. The van der Waals surface area contributed by atoms with Crippen LogP contribution in [0.3, 0.4) is 0 Å². The van der Waals surface area contributed by atoms with E-state index in [0.717, 1.165) is 12.2 Å². The van der Waals surface area contributed by atoms with Crippen LogP contribution < -0.4 is 14.8 Å². The number of carbonyl (C=O) groups is 1. The molecule has 1 fully saturated rings. The monoisotopic (exact) mass is 261 g/mol. The Bertz CT molecular complexity index is 486. The highest BCUT2D eigenvalue weighted by Gasteiger charge is 2.25. The van der Waals surface area contributed by atoms with Gasteiger partial charge in [0, 0.05) is 11.6 Å². The lowest BCUT2D eigenvalue weighted by atomic mass is 10.1. The summed E-state index contributed by atoms with van der Waals surface area (Å²) in [6, 6.07) is 5.67. The summed E-state index contributed by atoms with van der Waals surface area (Å²) in [6.07, 6.45) is 3.48. The van der Waals surface area contributed by atoms with Crippen LogP contribution in [0.4, 0.5) is 0 Å². The fraction of sp³-hybridized carbons (Fsp3) is 0.533. The maximum atomic E-state index is 12.2. The summed E-state index contributed by atoms with van der Waals surface area (Å²) < 4.78 is 11.0. The van der Waals surface area contributed by atoms with Crippen LogP contribution in [-0.2, 0) is 0 Å². The van der Waals surface area contributed by atoms with Gasteiger partial charge in [-0.2, -0.15) is 0 Å². The van der Waals surface area contributed by atoms with Gasteiger partial charge in [-0.25, -0.2) is 0 Å². The minimum Gasteiger partial charge on any atom is -0.486 e. The van der Waals surface area contributed by atoms with Crippen molar-refractivity contribution >= 4 is 5.91 Å². The van der Waals surface area contributed by atoms with Crippen molar-refractivity contribution in [3.63, 3.8) is 0 Å². The summed E-state index contributed by atoms with van der Waals surface area (Å²) in [6.45, 7) is 3.30. The lowest BCUT2D eigenvalue weighted by Gasteiger charge is -2.20. The molecule has 1 saturated carbocycles. The fourth-order valence-electron chi connectivity index (χ4n) is 2.80. The Labute approximate surface area is 113 Å². The third-order valence-electron chi connectivity index (χ3n) is 3.98. The van der Waals surface area contributed by atoms with Crippen LogP contribution in [0.5, 0.6) is 11.5 Å². The molecular formula is C15H19NO3. The van der Waals surface area contributed by atoms with E-state index >= 15 is 0 Å². The summed E-state index contributed by atoms with van der Waals surface area (Å²) >= 11 is 0. The number of hydrogen-bond acceptors (Lipinski definition) is 3. The van der Waals surface area contributed by atoms with Gasteiger partial charge in [0.15, 0.2) is 11.5 Å². The minimum atomic E-state index is -0.0178. The van der Waals surface area contributed by atoms with Crippen molar-refractivity contribution in [3.8, 4) is 11.5 Å². The van der Waals surface area contributed by atoms with Crippen LogP contribution in [0.2, 0.25) is 0 Å². The first-order chi connectivity index (χ1) is 9.24. The maximum Gasteiger partial charge on any atom is 0.251 e. The number of rotatable bonds is 2. The second kappa shape index (κ2) is 5.11. The number of benzene rings is 1. The normalized spacial score (nSPS) is 25.1. The van der Waals surface area contributed by atoms with Crippen LogP contribution in [0.15, 0.2) is 18.2 Å². The molecule has 1 N–H and O–H groups in total. The minimum absolute atomic E-state index is 0.0178. The van der Waals surface area contributed by atoms with Gasteiger partial charge in [0.1, 0.15) is 13.2 Å². The lowest BCUT2D eigenvalue weighted by Crippen LogP contribution is -2.36. The number of nitrogens with one attached hydrogen (secondary N) is 1. The smallest absolute Gasteiger partial charge is 0.251 e. The molecule has 3 rings (SSSR count). The van der Waals surface area contributed by atoms with Crippen molar-refractivity contribution in [2.75, 3.05) is 13.2 Å². The highest BCUT2D eigenvalue weighted by molar-refractivity contribution is 5.95. The van der Waals surface area contributed by atoms with Gasteiger partial charge in [0.2, 0.25) is 0 Å². The molecule has 2 atom stereocenters. The molecule has 19 heavy (non-hydrogen) atoms. The van der Waals surface area contributed by atoms with Crippen molar-refractivity contribution in [3.05, 3.63) is 23.8 Å². The molecule has 1 aromatic carbocycles. The summed E-state index contributed by atoms with van der Waals surface area (Å²) in [5.74, 6) is 1.94. The molecule has 0 spiro atoms. The van der Waals surface area contributed by atoms with Crippen molar-refractivity contribution in [1.29, 1.82) is 0 Å². The second-order valence-corrected chi connectivity index (χ2v) is 5.35. The predicted octanol–water partition coefficient (Wildman–Crippen LogP) is 2.38. The summed E-state index contributed by atoms with van der Waals surface area (Å²) in [5.41, 5.74) is 0.642. The van der Waals surface area contributed by atoms with Gasteiger partial charge in [0.05, 0.1) is 0 Å². The number of hydrogen-bond donors (Lipinski definition) is 1. The van der Waals surface area contributed by atoms with Gasteiger partial charge in [0.25, 0.3) is 5.91 Å². The molecule has 1 aromatic rings. The van der Waals surface area contributed by atoms with E-state index in [4.69, 9.17) is 9.47 Å². The molecular weight excluding hydrogens is 242 g/mol. The average Bonchev–Trinajstić information content (AvgIpc) is 2.84. The molecule has 1 heterocycles. The van der Waals surface area contributed by atoms with Crippen LogP contribution in [0.1, 0.15) is 36.5 Å². The van der Waals surface area contributed by atoms with Crippen LogP contribution in [-0.4, -0.2) is 25.2 Å². The number of carbonyl (C=O) groups excluding carboxylic acids is 1. The number of amides is 1.